The van der Waals surface area contributed by atoms with Crippen LogP contribution in [0, 0.1) is 0 Å². The van der Waals surface area contributed by atoms with Gasteiger partial charge in [0.2, 0.25) is 5.91 Å². The second-order valence-corrected chi connectivity index (χ2v) is 9.35. The van der Waals surface area contributed by atoms with Crippen LogP contribution >= 0.6 is 24.2 Å². The maximum Gasteiger partial charge on any atom is 0.416 e. The van der Waals surface area contributed by atoms with Crippen LogP contribution in [0.25, 0.3) is 0 Å². The second-order valence-electron chi connectivity index (χ2n) is 8.26. The minimum atomic E-state index is -4.53. The molecule has 8 nitrogen and oxygen atoms in total. The Labute approximate surface area is 228 Å². The molecule has 1 fully saturated rings. The number of nitrogens with one attached hydrogen (secondary N) is 3. The molecule has 1 aliphatic heterocycles. The van der Waals surface area contributed by atoms with Crippen molar-refractivity contribution in [2.75, 3.05) is 38.0 Å². The molecule has 4 rings (SSSR count). The Balaban J connectivity index is 0.00000400. The largest absolute Gasteiger partial charge is 0.416 e. The predicted molar refractivity (Wildman–Crippen MR) is 141 cm³/mol. The molecule has 1 saturated heterocycles. The lowest BCUT2D eigenvalue weighted by Gasteiger charge is -2.27. The summed E-state index contributed by atoms with van der Waals surface area (Å²) in [5, 5.41) is 8.51. The Kier molecular flexibility index (Phi) is 10.5. The van der Waals surface area contributed by atoms with Gasteiger partial charge in [0.25, 0.3) is 5.91 Å². The van der Waals surface area contributed by atoms with Crippen LogP contribution in [0.4, 0.5) is 18.9 Å². The van der Waals surface area contributed by atoms with Gasteiger partial charge in [-0.1, -0.05) is 17.8 Å². The van der Waals surface area contributed by atoms with E-state index in [1.807, 2.05) is 0 Å². The summed E-state index contributed by atoms with van der Waals surface area (Å²) < 4.78 is 39.2. The van der Waals surface area contributed by atoms with Gasteiger partial charge in [-0.3, -0.25) is 19.5 Å². The molecule has 0 radical (unpaired) electrons. The van der Waals surface area contributed by atoms with Gasteiger partial charge in [-0.2, -0.15) is 13.2 Å². The highest BCUT2D eigenvalue weighted by molar-refractivity contribution is 7.99. The third kappa shape index (κ3) is 8.15. The van der Waals surface area contributed by atoms with Crippen molar-refractivity contribution in [3.63, 3.8) is 0 Å². The van der Waals surface area contributed by atoms with Crippen molar-refractivity contribution in [1.82, 2.24) is 25.5 Å². The summed E-state index contributed by atoms with van der Waals surface area (Å²) in [5.41, 5.74) is 0.0644. The molecular weight excluding hydrogens is 541 g/mol. The summed E-state index contributed by atoms with van der Waals surface area (Å²) in [5.74, 6) is -0.794. The van der Waals surface area contributed by atoms with E-state index < -0.39 is 23.0 Å². The van der Waals surface area contributed by atoms with Crippen LogP contribution < -0.4 is 16.0 Å². The third-order valence-corrected chi connectivity index (χ3v) is 6.75. The van der Waals surface area contributed by atoms with E-state index in [0.717, 1.165) is 55.6 Å². The molecule has 1 atom stereocenters. The Morgan fingerprint density at radius 1 is 1.05 bits per heavy atom. The lowest BCUT2D eigenvalue weighted by molar-refractivity contribution is -0.137. The molecule has 0 spiro atoms. The van der Waals surface area contributed by atoms with Crippen molar-refractivity contribution in [2.24, 2.45) is 0 Å². The maximum atomic E-state index is 13.1. The number of hydrogen-bond donors (Lipinski definition) is 3. The molecule has 3 heterocycles. The van der Waals surface area contributed by atoms with Gasteiger partial charge in [0.1, 0.15) is 10.4 Å². The van der Waals surface area contributed by atoms with E-state index in [0.29, 0.717) is 5.03 Å². The summed E-state index contributed by atoms with van der Waals surface area (Å²) in [7, 11) is 0. The van der Waals surface area contributed by atoms with E-state index in [-0.39, 0.29) is 36.1 Å². The SMILES string of the molecule is Cl.O=C(CN1CCNCC1)NC(Sc1ncccc1C(=O)Nc1cccc(C(F)(F)F)c1)c1ccncc1. The molecule has 1 aliphatic rings. The first kappa shape index (κ1) is 29.4. The van der Waals surface area contributed by atoms with Crippen LogP contribution in [-0.2, 0) is 11.0 Å². The van der Waals surface area contributed by atoms with Crippen LogP contribution in [0.1, 0.15) is 26.9 Å². The molecule has 1 unspecified atom stereocenters. The van der Waals surface area contributed by atoms with E-state index in [1.165, 1.54) is 24.4 Å². The van der Waals surface area contributed by atoms with Crippen LogP contribution in [0.3, 0.4) is 0 Å². The molecule has 0 saturated carbocycles. The van der Waals surface area contributed by atoms with E-state index in [2.05, 4.69) is 30.8 Å². The highest BCUT2D eigenvalue weighted by Crippen LogP contribution is 2.34. The first-order valence-electron chi connectivity index (χ1n) is 11.5. The minimum Gasteiger partial charge on any atom is -0.339 e. The number of carbonyl (C=O) groups excluding carboxylic acids is 2. The Hall–Kier alpha value is -3.19. The van der Waals surface area contributed by atoms with Crippen LogP contribution in [0.2, 0.25) is 0 Å². The zero-order chi connectivity index (χ0) is 26.3. The average molecular weight is 567 g/mol. The van der Waals surface area contributed by atoms with E-state index in [9.17, 15) is 22.8 Å². The van der Waals surface area contributed by atoms with E-state index in [4.69, 9.17) is 0 Å². The number of nitrogens with zero attached hydrogens (tertiary/aromatic N) is 3. The molecular formula is C25H26ClF3N6O2S. The molecule has 3 N–H and O–H groups in total. The molecule has 2 aromatic heterocycles. The number of aromatic nitrogens is 2. The Morgan fingerprint density at radius 2 is 1.79 bits per heavy atom. The number of alkyl halides is 3. The summed E-state index contributed by atoms with van der Waals surface area (Å²) in [6.45, 7) is 3.39. The smallest absolute Gasteiger partial charge is 0.339 e. The highest BCUT2D eigenvalue weighted by Gasteiger charge is 2.30. The number of pyridine rings is 2. The monoisotopic (exact) mass is 566 g/mol. The molecule has 202 valence electrons. The first-order chi connectivity index (χ1) is 17.8. The number of amides is 2. The van der Waals surface area contributed by atoms with Crippen LogP contribution in [0.5, 0.6) is 0 Å². The number of carbonyl (C=O) groups is 2. The number of rotatable bonds is 8. The molecule has 2 amide bonds. The standard InChI is InChI=1S/C25H25F3N6O2S.ClH/c26-25(27,28)18-3-1-4-19(15-18)32-22(36)20-5-2-8-31-24(20)37-23(17-6-9-29-10-7-17)33-21(35)16-34-13-11-30-12-14-34;/h1-10,15,23,30H,11-14,16H2,(H,32,36)(H,33,35);1H. The normalized spacial score (nSPS) is 14.7. The predicted octanol–water partition coefficient (Wildman–Crippen LogP) is 3.98. The highest BCUT2D eigenvalue weighted by atomic mass is 35.5. The van der Waals surface area contributed by atoms with Crippen molar-refractivity contribution in [3.05, 3.63) is 83.8 Å². The first-order valence-corrected chi connectivity index (χ1v) is 12.4. The lowest BCUT2D eigenvalue weighted by Crippen LogP contribution is -2.47. The van der Waals surface area contributed by atoms with Crippen molar-refractivity contribution in [2.45, 2.75) is 16.6 Å². The third-order valence-electron chi connectivity index (χ3n) is 5.57. The van der Waals surface area contributed by atoms with Crippen molar-refractivity contribution >= 4 is 41.7 Å². The zero-order valence-electron chi connectivity index (χ0n) is 20.1. The topological polar surface area (TPSA) is 99.3 Å². The Morgan fingerprint density at radius 3 is 2.50 bits per heavy atom. The van der Waals surface area contributed by atoms with Crippen molar-refractivity contribution in [1.29, 1.82) is 0 Å². The van der Waals surface area contributed by atoms with Gasteiger partial charge in [-0.05, 0) is 48.0 Å². The van der Waals surface area contributed by atoms with Gasteiger partial charge in [-0.15, -0.1) is 12.4 Å². The fraction of sp³-hybridized carbons (Fsp3) is 0.280. The number of hydrogen-bond acceptors (Lipinski definition) is 7. The van der Waals surface area contributed by atoms with Gasteiger partial charge in [0.15, 0.2) is 0 Å². The molecule has 13 heteroatoms. The van der Waals surface area contributed by atoms with Crippen LogP contribution in [0.15, 0.2) is 72.1 Å². The number of halogens is 4. The fourth-order valence-electron chi connectivity index (χ4n) is 3.72. The average Bonchev–Trinajstić information content (AvgIpc) is 2.89. The Bertz CT molecular complexity index is 1230. The summed E-state index contributed by atoms with van der Waals surface area (Å²) >= 11 is 1.16. The summed E-state index contributed by atoms with van der Waals surface area (Å²) in [6.07, 6.45) is 0.183. The number of benzene rings is 1. The lowest BCUT2D eigenvalue weighted by atomic mass is 10.2. The quantitative estimate of drug-likeness (QED) is 0.280. The number of anilines is 1. The van der Waals surface area contributed by atoms with Gasteiger partial charge in [0, 0.05) is 50.5 Å². The second kappa shape index (κ2) is 13.6. The van der Waals surface area contributed by atoms with Crippen molar-refractivity contribution < 1.29 is 22.8 Å². The molecule has 0 bridgehead atoms. The van der Waals surface area contributed by atoms with E-state index in [1.54, 1.807) is 30.6 Å². The zero-order valence-corrected chi connectivity index (χ0v) is 21.7. The minimum absolute atomic E-state index is 0. The molecule has 38 heavy (non-hydrogen) atoms. The molecule has 3 aromatic rings. The van der Waals surface area contributed by atoms with E-state index >= 15 is 0 Å². The van der Waals surface area contributed by atoms with Crippen molar-refractivity contribution in [3.8, 4) is 0 Å². The van der Waals surface area contributed by atoms with Gasteiger partial charge in [-0.25, -0.2) is 4.98 Å². The van der Waals surface area contributed by atoms with Gasteiger partial charge < -0.3 is 16.0 Å². The van der Waals surface area contributed by atoms with Gasteiger partial charge in [0.05, 0.1) is 17.7 Å². The number of thioether (sulfide) groups is 1. The molecule has 0 aliphatic carbocycles. The number of piperazine rings is 1. The summed E-state index contributed by atoms with van der Waals surface area (Å²) in [6, 6.07) is 11.0. The molecule has 1 aromatic carbocycles. The summed E-state index contributed by atoms with van der Waals surface area (Å²) in [4.78, 5) is 36.3. The van der Waals surface area contributed by atoms with Crippen LogP contribution in [-0.4, -0.2) is 59.4 Å². The fourth-order valence-corrected chi connectivity index (χ4v) is 4.84. The maximum absolute atomic E-state index is 13.1. The van der Waals surface area contributed by atoms with Gasteiger partial charge >= 0.3 is 6.18 Å².